The lowest BCUT2D eigenvalue weighted by molar-refractivity contribution is 0.240. The minimum atomic E-state index is -1.65. The van der Waals surface area contributed by atoms with Crippen LogP contribution < -0.4 is 5.32 Å². The third-order valence-electron chi connectivity index (χ3n) is 6.69. The number of nitrogens with one attached hydrogen (secondary N) is 1. The van der Waals surface area contributed by atoms with Crippen molar-refractivity contribution in [3.8, 4) is 6.07 Å². The Morgan fingerprint density at radius 3 is 2.55 bits per heavy atom. The molecule has 0 fully saturated rings. The maximum absolute atomic E-state index is 14.2. The van der Waals surface area contributed by atoms with E-state index in [1.165, 1.54) is 6.08 Å². The number of nitriles is 1. The van der Waals surface area contributed by atoms with Crippen molar-refractivity contribution in [3.05, 3.63) is 104 Å². The van der Waals surface area contributed by atoms with Crippen LogP contribution in [0.1, 0.15) is 27.9 Å². The van der Waals surface area contributed by atoms with Crippen molar-refractivity contribution < 1.29 is 22.4 Å². The fourth-order valence-electron chi connectivity index (χ4n) is 4.77. The fourth-order valence-corrected chi connectivity index (χ4v) is 5.13. The zero-order chi connectivity index (χ0) is 28.6. The van der Waals surface area contributed by atoms with Crippen molar-refractivity contribution in [3.63, 3.8) is 0 Å². The van der Waals surface area contributed by atoms with E-state index in [0.717, 1.165) is 28.3 Å². The first kappa shape index (κ1) is 27.6. The Hall–Kier alpha value is -3.91. The van der Waals surface area contributed by atoms with Crippen LogP contribution in [0.25, 0.3) is 17.0 Å². The van der Waals surface area contributed by atoms with Gasteiger partial charge in [0, 0.05) is 49.9 Å². The molecule has 2 aromatic heterocycles. The molecule has 0 bridgehead atoms. The first-order chi connectivity index (χ1) is 19.2. The van der Waals surface area contributed by atoms with Crippen LogP contribution >= 0.6 is 23.2 Å². The van der Waals surface area contributed by atoms with Gasteiger partial charge in [0.1, 0.15) is 10.2 Å². The van der Waals surface area contributed by atoms with Crippen molar-refractivity contribution in [2.24, 2.45) is 0 Å². The Kier molecular flexibility index (Phi) is 7.81. The quantitative estimate of drug-likeness (QED) is 0.123. The number of rotatable bonds is 5. The SMILES string of the molecule is N#Cc1ccc2c3c(n(C(=O)NCc4ccnc(Cl)c4)c2c1)CCN(C/C=C/c1c(F)c(F)c(Cl)c(F)c1F)C3. The van der Waals surface area contributed by atoms with Gasteiger partial charge in [0.25, 0.3) is 0 Å². The van der Waals surface area contributed by atoms with E-state index in [9.17, 15) is 27.6 Å². The summed E-state index contributed by atoms with van der Waals surface area (Å²) in [6.07, 6.45) is 4.38. The highest BCUT2D eigenvalue weighted by molar-refractivity contribution is 6.31. The molecule has 0 aliphatic carbocycles. The minimum absolute atomic E-state index is 0.210. The van der Waals surface area contributed by atoms with E-state index in [1.54, 1.807) is 41.1 Å². The van der Waals surface area contributed by atoms with Crippen LogP contribution in [0.2, 0.25) is 10.2 Å². The number of hydrogen-bond donors (Lipinski definition) is 1. The fraction of sp³-hybridized carbons (Fsp3) is 0.179. The highest BCUT2D eigenvalue weighted by atomic mass is 35.5. The second-order valence-electron chi connectivity index (χ2n) is 9.12. The number of amides is 1. The van der Waals surface area contributed by atoms with Crippen LogP contribution in [-0.4, -0.2) is 33.6 Å². The number of fused-ring (bicyclic) bond motifs is 3. The third-order valence-corrected chi connectivity index (χ3v) is 7.23. The molecule has 3 heterocycles. The van der Waals surface area contributed by atoms with Gasteiger partial charge in [-0.15, -0.1) is 0 Å². The Morgan fingerprint density at radius 1 is 1.10 bits per heavy atom. The number of nitrogens with zero attached hydrogens (tertiary/aromatic N) is 4. The first-order valence-electron chi connectivity index (χ1n) is 12.0. The van der Waals surface area contributed by atoms with E-state index in [4.69, 9.17) is 23.2 Å². The molecule has 0 saturated carbocycles. The van der Waals surface area contributed by atoms with Crippen molar-refractivity contribution >= 4 is 46.2 Å². The second-order valence-corrected chi connectivity index (χ2v) is 9.89. The van der Waals surface area contributed by atoms with Crippen LogP contribution in [0.3, 0.4) is 0 Å². The molecule has 5 rings (SSSR count). The van der Waals surface area contributed by atoms with Crippen LogP contribution in [0.5, 0.6) is 0 Å². The Labute approximate surface area is 236 Å². The van der Waals surface area contributed by atoms with Gasteiger partial charge in [-0.3, -0.25) is 9.47 Å². The third kappa shape index (κ3) is 5.16. The van der Waals surface area contributed by atoms with E-state index in [0.29, 0.717) is 35.7 Å². The molecule has 12 heteroatoms. The van der Waals surface area contributed by atoms with E-state index in [1.807, 2.05) is 4.90 Å². The maximum Gasteiger partial charge on any atom is 0.326 e. The molecule has 1 aliphatic heterocycles. The predicted molar refractivity (Wildman–Crippen MR) is 143 cm³/mol. The van der Waals surface area contributed by atoms with Crippen molar-refractivity contribution in [2.75, 3.05) is 13.1 Å². The smallest absolute Gasteiger partial charge is 0.326 e. The molecule has 6 nitrogen and oxygen atoms in total. The number of aromatic nitrogens is 2. The number of halogens is 6. The lowest BCUT2D eigenvalue weighted by Gasteiger charge is -2.27. The van der Waals surface area contributed by atoms with E-state index in [2.05, 4.69) is 16.4 Å². The standard InChI is InChI=1S/C28H19Cl2F4N5O/c29-22-11-16(5-7-36-22)13-37-28(40)39-20-6-9-38(14-19(20)17-4-3-15(12-35)10-21(17)39)8-1-2-18-24(31)26(33)23(30)27(34)25(18)32/h1-5,7,10-11H,6,8-9,13-14H2,(H,37,40)/b2-1+. The summed E-state index contributed by atoms with van der Waals surface area (Å²) in [6.45, 7) is 1.29. The summed E-state index contributed by atoms with van der Waals surface area (Å²) in [4.78, 5) is 19.2. The molecule has 0 unspecified atom stereocenters. The molecular weight excluding hydrogens is 569 g/mol. The Balaban J connectivity index is 1.41. The number of carbonyl (C=O) groups excluding carboxylic acids is 1. The molecule has 0 radical (unpaired) electrons. The van der Waals surface area contributed by atoms with E-state index < -0.39 is 33.9 Å². The zero-order valence-corrected chi connectivity index (χ0v) is 22.1. The molecule has 1 aliphatic rings. The van der Waals surface area contributed by atoms with Gasteiger partial charge in [-0.2, -0.15) is 5.26 Å². The summed E-state index contributed by atoms with van der Waals surface area (Å²) < 4.78 is 57.5. The summed E-state index contributed by atoms with van der Waals surface area (Å²) in [5, 5.41) is 12.2. The summed E-state index contributed by atoms with van der Waals surface area (Å²) in [6, 6.07) is 10.2. The van der Waals surface area contributed by atoms with E-state index >= 15 is 0 Å². The number of carbonyl (C=O) groups is 1. The number of pyridine rings is 1. The van der Waals surface area contributed by atoms with Crippen LogP contribution in [-0.2, 0) is 19.5 Å². The predicted octanol–water partition coefficient (Wildman–Crippen LogP) is 6.60. The molecule has 204 valence electrons. The molecule has 0 spiro atoms. The topological polar surface area (TPSA) is 74.0 Å². The number of hydrogen-bond acceptors (Lipinski definition) is 4. The maximum atomic E-state index is 14.2. The normalized spacial score (nSPS) is 13.5. The van der Waals surface area contributed by atoms with Gasteiger partial charge in [0.15, 0.2) is 23.3 Å². The van der Waals surface area contributed by atoms with Gasteiger partial charge < -0.3 is 5.32 Å². The van der Waals surface area contributed by atoms with Gasteiger partial charge in [0.2, 0.25) is 0 Å². The molecule has 1 N–H and O–H groups in total. The Morgan fingerprint density at radius 2 is 1.85 bits per heavy atom. The van der Waals surface area contributed by atoms with Gasteiger partial charge in [-0.1, -0.05) is 41.4 Å². The second kappa shape index (κ2) is 11.3. The average molecular weight is 588 g/mol. The van der Waals surface area contributed by atoms with Gasteiger partial charge in [-0.05, 0) is 35.4 Å². The average Bonchev–Trinajstić information content (AvgIpc) is 3.28. The van der Waals surface area contributed by atoms with Crippen molar-refractivity contribution in [1.82, 2.24) is 19.8 Å². The lowest BCUT2D eigenvalue weighted by Crippen LogP contribution is -2.34. The monoisotopic (exact) mass is 587 g/mol. The van der Waals surface area contributed by atoms with Crippen molar-refractivity contribution in [2.45, 2.75) is 19.5 Å². The van der Waals surface area contributed by atoms with Gasteiger partial charge >= 0.3 is 6.03 Å². The number of benzene rings is 2. The van der Waals surface area contributed by atoms with E-state index in [-0.39, 0.29) is 19.1 Å². The molecule has 40 heavy (non-hydrogen) atoms. The van der Waals surface area contributed by atoms with Gasteiger partial charge in [0.05, 0.1) is 22.7 Å². The zero-order valence-electron chi connectivity index (χ0n) is 20.6. The van der Waals surface area contributed by atoms with Crippen LogP contribution in [0.15, 0.2) is 42.6 Å². The van der Waals surface area contributed by atoms with Crippen molar-refractivity contribution in [1.29, 1.82) is 5.26 Å². The molecular formula is C28H19Cl2F4N5O. The molecule has 0 atom stereocenters. The largest absolute Gasteiger partial charge is 0.333 e. The first-order valence-corrected chi connectivity index (χ1v) is 12.8. The highest BCUT2D eigenvalue weighted by Crippen LogP contribution is 2.32. The molecule has 0 saturated heterocycles. The van der Waals surface area contributed by atoms with Crippen LogP contribution in [0.4, 0.5) is 22.4 Å². The van der Waals surface area contributed by atoms with Gasteiger partial charge in [-0.25, -0.2) is 27.3 Å². The molecule has 2 aromatic carbocycles. The summed E-state index contributed by atoms with van der Waals surface area (Å²) >= 11 is 11.2. The Bertz CT molecular complexity index is 1700. The summed E-state index contributed by atoms with van der Waals surface area (Å²) in [7, 11) is 0. The minimum Gasteiger partial charge on any atom is -0.333 e. The lowest BCUT2D eigenvalue weighted by atomic mass is 10.0. The highest BCUT2D eigenvalue weighted by Gasteiger charge is 2.27. The van der Waals surface area contributed by atoms with Crippen LogP contribution in [0, 0.1) is 34.6 Å². The molecule has 4 aromatic rings. The summed E-state index contributed by atoms with van der Waals surface area (Å²) in [5.74, 6) is -6.45. The molecule has 1 amide bonds. The summed E-state index contributed by atoms with van der Waals surface area (Å²) in [5.41, 5.74) is 2.51.